The Kier molecular flexibility index (Phi) is 3.06. The van der Waals surface area contributed by atoms with Gasteiger partial charge in [0.15, 0.2) is 0 Å². The minimum atomic E-state index is -0.369. The maximum absolute atomic E-state index is 10.3. The smallest absolute Gasteiger partial charge is 0.210 e. The number of aryl methyl sites for hydroxylation is 1. The number of nitrogens with zero attached hydrogens (tertiary/aromatic N) is 1. The summed E-state index contributed by atoms with van der Waals surface area (Å²) in [6, 6.07) is 5.13. The Labute approximate surface area is 82.3 Å². The lowest BCUT2D eigenvalue weighted by molar-refractivity contribution is -0.482. The van der Waals surface area contributed by atoms with E-state index >= 15 is 0 Å². The number of rotatable bonds is 3. The molecule has 76 valence electrons. The van der Waals surface area contributed by atoms with Crippen LogP contribution in [0.15, 0.2) is 18.2 Å². The summed E-state index contributed by atoms with van der Waals surface area (Å²) in [6.07, 6.45) is 0. The molecule has 1 rings (SSSR count). The van der Waals surface area contributed by atoms with Gasteiger partial charge in [0.2, 0.25) is 6.54 Å². The first kappa shape index (κ1) is 10.5. The fourth-order valence-electron chi connectivity index (χ4n) is 1.39. The number of hydrogen-bond acceptors (Lipinski definition) is 3. The molecule has 0 spiro atoms. The van der Waals surface area contributed by atoms with Crippen LogP contribution in [0.1, 0.15) is 24.0 Å². The normalized spacial score (nSPS) is 12.4. The van der Waals surface area contributed by atoms with Crippen LogP contribution in [0.3, 0.4) is 0 Å². The van der Waals surface area contributed by atoms with Gasteiger partial charge in [0.25, 0.3) is 0 Å². The molecule has 14 heavy (non-hydrogen) atoms. The number of benzene rings is 1. The Morgan fingerprint density at radius 3 is 2.79 bits per heavy atom. The number of nitro groups is 1. The van der Waals surface area contributed by atoms with Gasteiger partial charge in [-0.1, -0.05) is 24.6 Å². The first-order valence-electron chi connectivity index (χ1n) is 4.42. The largest absolute Gasteiger partial charge is 0.508 e. The fourth-order valence-corrected chi connectivity index (χ4v) is 1.39. The molecule has 1 aromatic rings. The second kappa shape index (κ2) is 4.09. The Balaban J connectivity index is 2.93. The van der Waals surface area contributed by atoms with Crippen molar-refractivity contribution in [3.05, 3.63) is 39.4 Å². The summed E-state index contributed by atoms with van der Waals surface area (Å²) in [4.78, 5) is 9.93. The van der Waals surface area contributed by atoms with Crippen molar-refractivity contribution >= 4 is 0 Å². The van der Waals surface area contributed by atoms with Gasteiger partial charge in [-0.2, -0.15) is 0 Å². The monoisotopic (exact) mass is 195 g/mol. The van der Waals surface area contributed by atoms with E-state index in [1.165, 1.54) is 0 Å². The molecular weight excluding hydrogens is 182 g/mol. The molecule has 1 N–H and O–H groups in total. The van der Waals surface area contributed by atoms with E-state index in [9.17, 15) is 15.2 Å². The van der Waals surface area contributed by atoms with Gasteiger partial charge in [0, 0.05) is 16.4 Å². The van der Waals surface area contributed by atoms with Gasteiger partial charge < -0.3 is 5.11 Å². The first-order valence-corrected chi connectivity index (χ1v) is 4.42. The number of phenolic OH excluding ortho intramolecular Hbond substituents is 1. The van der Waals surface area contributed by atoms with Crippen molar-refractivity contribution in [2.45, 2.75) is 19.8 Å². The predicted octanol–water partition coefficient (Wildman–Crippen LogP) is 2.08. The first-order chi connectivity index (χ1) is 6.50. The second-order valence-corrected chi connectivity index (χ2v) is 3.48. The third-order valence-electron chi connectivity index (χ3n) is 2.14. The molecule has 0 aromatic heterocycles. The molecule has 0 radical (unpaired) electrons. The lowest BCUT2D eigenvalue weighted by Gasteiger charge is -2.09. The molecule has 0 heterocycles. The highest BCUT2D eigenvalue weighted by molar-refractivity contribution is 5.37. The lowest BCUT2D eigenvalue weighted by Crippen LogP contribution is -2.09. The van der Waals surface area contributed by atoms with Crippen LogP contribution in [-0.2, 0) is 0 Å². The number of phenols is 1. The third-order valence-corrected chi connectivity index (χ3v) is 2.14. The Morgan fingerprint density at radius 2 is 2.21 bits per heavy atom. The van der Waals surface area contributed by atoms with Crippen LogP contribution in [0.5, 0.6) is 5.75 Å². The number of aromatic hydroxyl groups is 1. The average Bonchev–Trinajstić information content (AvgIpc) is 2.08. The van der Waals surface area contributed by atoms with E-state index in [1.807, 2.05) is 6.92 Å². The summed E-state index contributed by atoms with van der Waals surface area (Å²) < 4.78 is 0. The molecule has 0 unspecified atom stereocenters. The van der Waals surface area contributed by atoms with Crippen molar-refractivity contribution in [2.24, 2.45) is 0 Å². The van der Waals surface area contributed by atoms with Crippen molar-refractivity contribution in [1.29, 1.82) is 0 Å². The topological polar surface area (TPSA) is 63.4 Å². The molecule has 0 bridgehead atoms. The van der Waals surface area contributed by atoms with Gasteiger partial charge >= 0.3 is 0 Å². The Morgan fingerprint density at radius 1 is 1.57 bits per heavy atom. The zero-order valence-electron chi connectivity index (χ0n) is 8.23. The summed E-state index contributed by atoms with van der Waals surface area (Å²) >= 11 is 0. The van der Waals surface area contributed by atoms with Crippen LogP contribution in [0, 0.1) is 17.0 Å². The summed E-state index contributed by atoms with van der Waals surface area (Å²) in [5.41, 5.74) is 1.63. The van der Waals surface area contributed by atoms with Gasteiger partial charge in [-0.05, 0) is 13.0 Å². The van der Waals surface area contributed by atoms with Gasteiger partial charge in [-0.15, -0.1) is 0 Å². The SMILES string of the molecule is Cc1ccc(O)c([C@H](C)C[N+](=O)[O-])c1. The summed E-state index contributed by atoms with van der Waals surface area (Å²) in [7, 11) is 0. The average molecular weight is 195 g/mol. The van der Waals surface area contributed by atoms with E-state index < -0.39 is 0 Å². The Hall–Kier alpha value is -1.58. The zero-order chi connectivity index (χ0) is 10.7. The van der Waals surface area contributed by atoms with Gasteiger partial charge in [0.05, 0.1) is 0 Å². The predicted molar refractivity (Wildman–Crippen MR) is 53.1 cm³/mol. The molecule has 0 amide bonds. The van der Waals surface area contributed by atoms with E-state index in [1.54, 1.807) is 25.1 Å². The van der Waals surface area contributed by atoms with Crippen molar-refractivity contribution in [1.82, 2.24) is 0 Å². The van der Waals surface area contributed by atoms with Gasteiger partial charge in [-0.3, -0.25) is 10.1 Å². The molecule has 0 saturated heterocycles. The lowest BCUT2D eigenvalue weighted by atomic mass is 9.98. The molecule has 0 fully saturated rings. The molecule has 0 aliphatic heterocycles. The van der Waals surface area contributed by atoms with Gasteiger partial charge in [0.1, 0.15) is 5.75 Å². The maximum Gasteiger partial charge on any atom is 0.210 e. The van der Waals surface area contributed by atoms with Crippen LogP contribution < -0.4 is 0 Å². The van der Waals surface area contributed by atoms with E-state index in [-0.39, 0.29) is 23.1 Å². The third kappa shape index (κ3) is 2.45. The summed E-state index contributed by atoms with van der Waals surface area (Å²) in [6.45, 7) is 3.47. The highest BCUT2D eigenvalue weighted by Gasteiger charge is 2.15. The summed E-state index contributed by atoms with van der Waals surface area (Å²) in [5.74, 6) is -0.130. The van der Waals surface area contributed by atoms with Crippen LogP contribution in [-0.4, -0.2) is 16.6 Å². The van der Waals surface area contributed by atoms with Crippen molar-refractivity contribution in [3.8, 4) is 5.75 Å². The summed E-state index contributed by atoms with van der Waals surface area (Å²) in [5, 5.41) is 19.8. The minimum Gasteiger partial charge on any atom is -0.508 e. The Bertz CT molecular complexity index is 349. The molecule has 0 aliphatic carbocycles. The molecule has 1 atom stereocenters. The van der Waals surface area contributed by atoms with Crippen LogP contribution in [0.4, 0.5) is 0 Å². The van der Waals surface area contributed by atoms with E-state index in [4.69, 9.17) is 0 Å². The highest BCUT2D eigenvalue weighted by atomic mass is 16.6. The van der Waals surface area contributed by atoms with Gasteiger partial charge in [-0.25, -0.2) is 0 Å². The zero-order valence-corrected chi connectivity index (χ0v) is 8.23. The van der Waals surface area contributed by atoms with E-state index in [2.05, 4.69) is 0 Å². The maximum atomic E-state index is 10.3. The molecule has 0 saturated carbocycles. The molecule has 4 heteroatoms. The molecular formula is C10H13NO3. The quantitative estimate of drug-likeness (QED) is 0.593. The van der Waals surface area contributed by atoms with Crippen LogP contribution in [0.25, 0.3) is 0 Å². The van der Waals surface area contributed by atoms with E-state index in [0.29, 0.717) is 5.56 Å². The second-order valence-electron chi connectivity index (χ2n) is 3.48. The van der Waals surface area contributed by atoms with Crippen LogP contribution >= 0.6 is 0 Å². The highest BCUT2D eigenvalue weighted by Crippen LogP contribution is 2.26. The van der Waals surface area contributed by atoms with Crippen molar-refractivity contribution in [2.75, 3.05) is 6.54 Å². The molecule has 4 nitrogen and oxygen atoms in total. The van der Waals surface area contributed by atoms with Crippen LogP contribution in [0.2, 0.25) is 0 Å². The van der Waals surface area contributed by atoms with Crippen molar-refractivity contribution in [3.63, 3.8) is 0 Å². The van der Waals surface area contributed by atoms with E-state index in [0.717, 1.165) is 5.56 Å². The van der Waals surface area contributed by atoms with Crippen molar-refractivity contribution < 1.29 is 10.0 Å². The minimum absolute atomic E-state index is 0.130. The molecule has 0 aliphatic rings. The molecule has 1 aromatic carbocycles. The standard InChI is InChI=1S/C10H13NO3/c1-7-3-4-10(12)9(5-7)8(2)6-11(13)14/h3-5,8,12H,6H2,1-2H3/t8-/m1/s1. The fraction of sp³-hybridized carbons (Fsp3) is 0.400. The number of hydrogen-bond donors (Lipinski definition) is 1.